The lowest BCUT2D eigenvalue weighted by molar-refractivity contribution is -0.164. The lowest BCUT2D eigenvalue weighted by atomic mass is 9.63. The van der Waals surface area contributed by atoms with Gasteiger partial charge in [0.05, 0.1) is 12.5 Å². The van der Waals surface area contributed by atoms with Gasteiger partial charge in [0.2, 0.25) is 5.91 Å². The number of hydrogen-bond donors (Lipinski definition) is 0. The van der Waals surface area contributed by atoms with Gasteiger partial charge < -0.3 is 9.64 Å². The van der Waals surface area contributed by atoms with Crippen molar-refractivity contribution in [3.63, 3.8) is 0 Å². The van der Waals surface area contributed by atoms with Crippen molar-refractivity contribution >= 4 is 5.91 Å². The Balaban J connectivity index is 1.88. The monoisotopic (exact) mass is 304 g/mol. The quantitative estimate of drug-likeness (QED) is 0.727. The zero-order valence-electron chi connectivity index (χ0n) is 14.2. The van der Waals surface area contributed by atoms with Gasteiger partial charge in [0.1, 0.15) is 0 Å². The highest BCUT2D eigenvalue weighted by atomic mass is 16.5. The maximum Gasteiger partial charge on any atom is 0.227 e. The molecule has 0 N–H and O–H groups in total. The number of rotatable bonds is 7. The summed E-state index contributed by atoms with van der Waals surface area (Å²) in [4.78, 5) is 18.4. The zero-order chi connectivity index (χ0) is 16.2. The molecule has 1 saturated carbocycles. The normalized spacial score (nSPS) is 22.9. The predicted molar refractivity (Wildman–Crippen MR) is 87.5 cm³/mol. The Morgan fingerprint density at radius 3 is 2.86 bits per heavy atom. The smallest absolute Gasteiger partial charge is 0.227 e. The average Bonchev–Trinajstić information content (AvgIpc) is 2.50. The molecule has 1 aliphatic carbocycles. The van der Waals surface area contributed by atoms with Crippen LogP contribution in [0.15, 0.2) is 24.5 Å². The Morgan fingerprint density at radius 1 is 1.50 bits per heavy atom. The van der Waals surface area contributed by atoms with Crippen molar-refractivity contribution in [1.29, 1.82) is 0 Å². The summed E-state index contributed by atoms with van der Waals surface area (Å²) in [5.74, 6) is 0.151. The molecule has 0 radical (unpaired) electrons. The van der Waals surface area contributed by atoms with Crippen LogP contribution in [0.25, 0.3) is 0 Å². The van der Waals surface area contributed by atoms with Crippen molar-refractivity contribution in [2.24, 2.45) is 5.41 Å². The first-order valence-electron chi connectivity index (χ1n) is 8.23. The summed E-state index contributed by atoms with van der Waals surface area (Å²) in [5, 5.41) is 0. The summed E-state index contributed by atoms with van der Waals surface area (Å²) in [6, 6.07) is 4.07. The van der Waals surface area contributed by atoms with Crippen LogP contribution in [0.5, 0.6) is 0 Å². The SMILES string of the molecule is CCCCO[C@@H]1C[C@@H](N(C)C(=O)Cc2cccnc2)C1(C)C. The molecule has 0 aliphatic heterocycles. The van der Waals surface area contributed by atoms with Gasteiger partial charge in [0.15, 0.2) is 0 Å². The molecule has 122 valence electrons. The number of hydrogen-bond acceptors (Lipinski definition) is 3. The van der Waals surface area contributed by atoms with Gasteiger partial charge in [-0.05, 0) is 24.5 Å². The fourth-order valence-corrected chi connectivity index (χ4v) is 3.15. The first-order chi connectivity index (χ1) is 10.5. The van der Waals surface area contributed by atoms with Gasteiger partial charge in [-0.25, -0.2) is 0 Å². The summed E-state index contributed by atoms with van der Waals surface area (Å²) in [7, 11) is 1.91. The van der Waals surface area contributed by atoms with E-state index in [-0.39, 0.29) is 23.5 Å². The molecule has 1 amide bonds. The van der Waals surface area contributed by atoms with E-state index in [0.29, 0.717) is 6.42 Å². The number of carbonyl (C=O) groups is 1. The van der Waals surface area contributed by atoms with Crippen LogP contribution in [0.4, 0.5) is 0 Å². The third kappa shape index (κ3) is 3.67. The van der Waals surface area contributed by atoms with Crippen molar-refractivity contribution < 1.29 is 9.53 Å². The number of aromatic nitrogens is 1. The predicted octanol–water partition coefficient (Wildman–Crippen LogP) is 3.07. The van der Waals surface area contributed by atoms with Crippen molar-refractivity contribution in [2.45, 2.75) is 58.6 Å². The van der Waals surface area contributed by atoms with Gasteiger partial charge in [-0.1, -0.05) is 33.3 Å². The molecule has 4 heteroatoms. The van der Waals surface area contributed by atoms with Crippen LogP contribution >= 0.6 is 0 Å². The molecule has 4 nitrogen and oxygen atoms in total. The topological polar surface area (TPSA) is 42.4 Å². The minimum absolute atomic E-state index is 0.0209. The standard InChI is InChI=1S/C18H28N2O2/c1-5-6-10-22-16-12-15(18(16,2)3)20(4)17(21)11-14-8-7-9-19-13-14/h7-9,13,15-16H,5-6,10-12H2,1-4H3/t15-,16-/m1/s1. The number of likely N-dealkylation sites (N-methyl/N-ethyl adjacent to an activating group) is 1. The number of ether oxygens (including phenoxy) is 1. The lowest BCUT2D eigenvalue weighted by Crippen LogP contribution is -2.62. The summed E-state index contributed by atoms with van der Waals surface area (Å²) >= 11 is 0. The molecule has 1 aromatic heterocycles. The fourth-order valence-electron chi connectivity index (χ4n) is 3.15. The first kappa shape index (κ1) is 16.9. The van der Waals surface area contributed by atoms with Crippen molar-refractivity contribution in [2.75, 3.05) is 13.7 Å². The van der Waals surface area contributed by atoms with Gasteiger partial charge in [-0.15, -0.1) is 0 Å². The fraction of sp³-hybridized carbons (Fsp3) is 0.667. The van der Waals surface area contributed by atoms with Gasteiger partial charge in [0, 0.05) is 37.5 Å². The van der Waals surface area contributed by atoms with Crippen LogP contribution < -0.4 is 0 Å². The van der Waals surface area contributed by atoms with Gasteiger partial charge in [0.25, 0.3) is 0 Å². The summed E-state index contributed by atoms with van der Waals surface area (Å²) in [6.45, 7) is 7.39. The van der Waals surface area contributed by atoms with Crippen LogP contribution in [0, 0.1) is 5.41 Å². The Morgan fingerprint density at radius 2 is 2.27 bits per heavy atom. The number of carbonyl (C=O) groups excluding carboxylic acids is 1. The number of amides is 1. The Kier molecular flexibility index (Phi) is 5.57. The average molecular weight is 304 g/mol. The van der Waals surface area contributed by atoms with E-state index < -0.39 is 0 Å². The van der Waals surface area contributed by atoms with Crippen LogP contribution in [0.1, 0.15) is 45.6 Å². The van der Waals surface area contributed by atoms with Gasteiger partial charge >= 0.3 is 0 Å². The third-order valence-electron chi connectivity index (χ3n) is 4.88. The number of pyridine rings is 1. The highest BCUT2D eigenvalue weighted by Crippen LogP contribution is 2.45. The van der Waals surface area contributed by atoms with Crippen LogP contribution in [-0.2, 0) is 16.0 Å². The minimum Gasteiger partial charge on any atom is -0.378 e. The molecule has 1 aromatic rings. The summed E-state index contributed by atoms with van der Waals surface area (Å²) in [5.41, 5.74) is 0.986. The molecule has 0 spiro atoms. The van der Waals surface area contributed by atoms with E-state index in [9.17, 15) is 4.79 Å². The van der Waals surface area contributed by atoms with E-state index in [1.165, 1.54) is 0 Å². The molecule has 1 fully saturated rings. The number of unbranched alkanes of at least 4 members (excludes halogenated alkanes) is 1. The maximum atomic E-state index is 12.5. The van der Waals surface area contributed by atoms with Crippen LogP contribution in [-0.4, -0.2) is 41.6 Å². The first-order valence-corrected chi connectivity index (χ1v) is 8.23. The van der Waals surface area contributed by atoms with E-state index in [0.717, 1.165) is 31.4 Å². The van der Waals surface area contributed by atoms with Gasteiger partial charge in [-0.3, -0.25) is 9.78 Å². The highest BCUT2D eigenvalue weighted by molar-refractivity contribution is 5.79. The van der Waals surface area contributed by atoms with E-state index in [1.54, 1.807) is 12.4 Å². The maximum absolute atomic E-state index is 12.5. The van der Waals surface area contributed by atoms with Crippen LogP contribution in [0.2, 0.25) is 0 Å². The van der Waals surface area contributed by atoms with Gasteiger partial charge in [-0.2, -0.15) is 0 Å². The molecule has 0 bridgehead atoms. The largest absolute Gasteiger partial charge is 0.378 e. The number of nitrogens with zero attached hydrogens (tertiary/aromatic N) is 2. The molecule has 2 atom stereocenters. The van der Waals surface area contributed by atoms with E-state index in [4.69, 9.17) is 4.74 Å². The summed E-state index contributed by atoms with van der Waals surface area (Å²) in [6.07, 6.45) is 7.36. The molecule has 1 heterocycles. The molecule has 0 unspecified atom stereocenters. The second kappa shape index (κ2) is 7.23. The van der Waals surface area contributed by atoms with Crippen LogP contribution in [0.3, 0.4) is 0 Å². The molecule has 2 rings (SSSR count). The van der Waals surface area contributed by atoms with E-state index in [2.05, 4.69) is 25.8 Å². The molecular weight excluding hydrogens is 276 g/mol. The second-order valence-electron chi connectivity index (χ2n) is 6.83. The third-order valence-corrected chi connectivity index (χ3v) is 4.88. The van der Waals surface area contributed by atoms with Crippen molar-refractivity contribution in [3.8, 4) is 0 Å². The minimum atomic E-state index is 0.0209. The Labute approximate surface area is 133 Å². The van der Waals surface area contributed by atoms with E-state index >= 15 is 0 Å². The Hall–Kier alpha value is -1.42. The molecule has 0 saturated heterocycles. The molecule has 0 aromatic carbocycles. The zero-order valence-corrected chi connectivity index (χ0v) is 14.2. The highest BCUT2D eigenvalue weighted by Gasteiger charge is 2.51. The van der Waals surface area contributed by atoms with Crippen molar-refractivity contribution in [1.82, 2.24) is 9.88 Å². The Bertz CT molecular complexity index is 487. The lowest BCUT2D eigenvalue weighted by Gasteiger charge is -2.55. The molecular formula is C18H28N2O2. The molecule has 1 aliphatic rings. The second-order valence-corrected chi connectivity index (χ2v) is 6.83. The summed E-state index contributed by atoms with van der Waals surface area (Å²) < 4.78 is 5.96. The van der Waals surface area contributed by atoms with E-state index in [1.807, 2.05) is 24.1 Å². The van der Waals surface area contributed by atoms with Crippen molar-refractivity contribution in [3.05, 3.63) is 30.1 Å². The molecule has 22 heavy (non-hydrogen) atoms.